The minimum absolute atomic E-state index is 0. The van der Waals surface area contributed by atoms with E-state index in [1.165, 1.54) is 45.2 Å². The fraction of sp³-hybridized carbons (Fsp3) is 0.938. The average Bonchev–Trinajstić information content (AvgIpc) is 2.64. The summed E-state index contributed by atoms with van der Waals surface area (Å²) < 4.78 is 0. The summed E-state index contributed by atoms with van der Waals surface area (Å²) in [7, 11) is 1.90. The van der Waals surface area contributed by atoms with E-state index in [0.29, 0.717) is 5.41 Å². The highest BCUT2D eigenvalue weighted by molar-refractivity contribution is 14.0. The van der Waals surface area contributed by atoms with Crippen molar-refractivity contribution in [2.75, 3.05) is 46.3 Å². The van der Waals surface area contributed by atoms with E-state index in [4.69, 9.17) is 0 Å². The maximum Gasteiger partial charge on any atom is 0.193 e. The van der Waals surface area contributed by atoms with Gasteiger partial charge in [-0.25, -0.2) is 0 Å². The van der Waals surface area contributed by atoms with Crippen LogP contribution in [0.25, 0.3) is 0 Å². The van der Waals surface area contributed by atoms with Crippen LogP contribution in [-0.4, -0.2) is 62.1 Å². The van der Waals surface area contributed by atoms with Gasteiger partial charge in [-0.15, -0.1) is 24.0 Å². The maximum absolute atomic E-state index is 4.45. The fourth-order valence-electron chi connectivity index (χ4n) is 3.31. The molecule has 0 aliphatic carbocycles. The molecule has 1 N–H and O–H groups in total. The lowest BCUT2D eigenvalue weighted by Gasteiger charge is -2.25. The summed E-state index contributed by atoms with van der Waals surface area (Å²) in [4.78, 5) is 9.45. The molecule has 0 aromatic heterocycles. The average molecular weight is 408 g/mol. The zero-order chi connectivity index (χ0) is 14.4. The lowest BCUT2D eigenvalue weighted by Crippen LogP contribution is -2.43. The summed E-state index contributed by atoms with van der Waals surface area (Å²) in [6.07, 6.45) is 6.83. The molecule has 2 aliphatic heterocycles. The van der Waals surface area contributed by atoms with Crippen molar-refractivity contribution in [1.29, 1.82) is 0 Å². The molecule has 21 heavy (non-hydrogen) atoms. The van der Waals surface area contributed by atoms with Crippen LogP contribution in [-0.2, 0) is 0 Å². The number of aliphatic imine (C=N–C) groups is 1. The molecular formula is C16H33IN4. The van der Waals surface area contributed by atoms with Crippen molar-refractivity contribution in [2.45, 2.75) is 46.0 Å². The van der Waals surface area contributed by atoms with Gasteiger partial charge in [-0.3, -0.25) is 4.99 Å². The summed E-state index contributed by atoms with van der Waals surface area (Å²) in [5.41, 5.74) is 0.433. The molecule has 2 rings (SSSR count). The lowest BCUT2D eigenvalue weighted by molar-refractivity contribution is 0.287. The van der Waals surface area contributed by atoms with Crippen LogP contribution in [0.15, 0.2) is 4.99 Å². The Hall–Kier alpha value is -0.0400. The van der Waals surface area contributed by atoms with Crippen LogP contribution < -0.4 is 5.32 Å². The first-order chi connectivity index (χ1) is 9.61. The summed E-state index contributed by atoms with van der Waals surface area (Å²) in [6.45, 7) is 11.7. The number of nitrogens with one attached hydrogen (secondary N) is 1. The van der Waals surface area contributed by atoms with Gasteiger partial charge in [-0.1, -0.05) is 26.7 Å². The van der Waals surface area contributed by atoms with Gasteiger partial charge in [0.1, 0.15) is 0 Å². The fourth-order valence-corrected chi connectivity index (χ4v) is 3.31. The maximum atomic E-state index is 4.45. The van der Waals surface area contributed by atoms with Gasteiger partial charge < -0.3 is 15.1 Å². The molecule has 4 nitrogen and oxygen atoms in total. The summed E-state index contributed by atoms with van der Waals surface area (Å²) in [5.74, 6) is 1.09. The second kappa shape index (κ2) is 9.18. The Morgan fingerprint density at radius 1 is 1.10 bits per heavy atom. The van der Waals surface area contributed by atoms with Crippen LogP contribution in [0, 0.1) is 5.41 Å². The highest BCUT2D eigenvalue weighted by Gasteiger charge is 2.30. The van der Waals surface area contributed by atoms with Gasteiger partial charge in [0, 0.05) is 33.2 Å². The highest BCUT2D eigenvalue weighted by Crippen LogP contribution is 2.28. The Bertz CT molecular complexity index is 322. The third-order valence-electron chi connectivity index (χ3n) is 4.60. The molecule has 0 unspecified atom stereocenters. The number of nitrogens with zero attached hydrogens (tertiary/aromatic N) is 3. The molecule has 0 atom stereocenters. The summed E-state index contributed by atoms with van der Waals surface area (Å²) in [5, 5.41) is 3.55. The van der Waals surface area contributed by atoms with Crippen LogP contribution in [0.3, 0.4) is 0 Å². The Kier molecular flexibility index (Phi) is 8.31. The summed E-state index contributed by atoms with van der Waals surface area (Å²) >= 11 is 0. The molecule has 2 fully saturated rings. The largest absolute Gasteiger partial charge is 0.355 e. The lowest BCUT2D eigenvalue weighted by atomic mass is 9.93. The monoisotopic (exact) mass is 408 g/mol. The van der Waals surface area contributed by atoms with E-state index in [1.54, 1.807) is 0 Å². The van der Waals surface area contributed by atoms with Crippen LogP contribution in [0.4, 0.5) is 0 Å². The van der Waals surface area contributed by atoms with Crippen molar-refractivity contribution in [2.24, 2.45) is 10.4 Å². The first kappa shape index (κ1) is 19.0. The molecule has 0 amide bonds. The molecule has 0 bridgehead atoms. The van der Waals surface area contributed by atoms with Gasteiger partial charge in [0.25, 0.3) is 0 Å². The Morgan fingerprint density at radius 2 is 1.76 bits per heavy atom. The molecule has 0 radical (unpaired) electrons. The van der Waals surface area contributed by atoms with Gasteiger partial charge in [-0.05, 0) is 37.8 Å². The Morgan fingerprint density at radius 3 is 2.29 bits per heavy atom. The normalized spacial score (nSPS) is 23.6. The van der Waals surface area contributed by atoms with Crippen molar-refractivity contribution in [3.63, 3.8) is 0 Å². The van der Waals surface area contributed by atoms with E-state index in [1.807, 2.05) is 7.05 Å². The van der Waals surface area contributed by atoms with Crippen molar-refractivity contribution < 1.29 is 0 Å². The molecule has 2 aliphatic rings. The topological polar surface area (TPSA) is 30.9 Å². The smallest absolute Gasteiger partial charge is 0.193 e. The highest BCUT2D eigenvalue weighted by atomic mass is 127. The Balaban J connectivity index is 0.00000220. The van der Waals surface area contributed by atoms with E-state index in [2.05, 4.69) is 34.0 Å². The van der Waals surface area contributed by atoms with Crippen LogP contribution >= 0.6 is 24.0 Å². The number of guanidine groups is 1. The van der Waals surface area contributed by atoms with Gasteiger partial charge >= 0.3 is 0 Å². The minimum Gasteiger partial charge on any atom is -0.355 e. The molecule has 124 valence electrons. The second-order valence-corrected chi connectivity index (χ2v) is 7.07. The van der Waals surface area contributed by atoms with E-state index >= 15 is 0 Å². The first-order valence-corrected chi connectivity index (χ1v) is 8.29. The SMILES string of the molecule is CN=C(NCCN1CCCCCC1)N1CCC(C)(C)C1.I. The predicted octanol–water partition coefficient (Wildman–Crippen LogP) is 2.79. The third kappa shape index (κ3) is 6.30. The van der Waals surface area contributed by atoms with Crippen molar-refractivity contribution >= 4 is 29.9 Å². The molecule has 5 heteroatoms. The number of hydrogen-bond acceptors (Lipinski definition) is 2. The van der Waals surface area contributed by atoms with Crippen molar-refractivity contribution in [3.05, 3.63) is 0 Å². The van der Waals surface area contributed by atoms with E-state index in [9.17, 15) is 0 Å². The predicted molar refractivity (Wildman–Crippen MR) is 102 cm³/mol. The molecule has 2 heterocycles. The van der Waals surface area contributed by atoms with E-state index < -0.39 is 0 Å². The zero-order valence-corrected chi connectivity index (χ0v) is 16.4. The molecule has 0 saturated carbocycles. The van der Waals surface area contributed by atoms with E-state index in [-0.39, 0.29) is 24.0 Å². The van der Waals surface area contributed by atoms with Crippen LogP contribution in [0.1, 0.15) is 46.0 Å². The first-order valence-electron chi connectivity index (χ1n) is 8.29. The molecule has 2 saturated heterocycles. The summed E-state index contributed by atoms with van der Waals surface area (Å²) in [6, 6.07) is 0. The zero-order valence-electron chi connectivity index (χ0n) is 14.0. The molecule has 0 spiro atoms. The number of halogens is 1. The van der Waals surface area contributed by atoms with E-state index in [0.717, 1.165) is 32.1 Å². The number of likely N-dealkylation sites (tertiary alicyclic amines) is 2. The van der Waals surface area contributed by atoms with Crippen molar-refractivity contribution in [3.8, 4) is 0 Å². The van der Waals surface area contributed by atoms with Gasteiger partial charge in [0.2, 0.25) is 0 Å². The van der Waals surface area contributed by atoms with Gasteiger partial charge in [0.15, 0.2) is 5.96 Å². The quantitative estimate of drug-likeness (QED) is 0.443. The Labute approximate surface area is 147 Å². The standard InChI is InChI=1S/C16H32N4.HI/c1-16(2)8-12-20(14-16)15(17-3)18-9-13-19-10-6-4-5-7-11-19;/h4-14H2,1-3H3,(H,17,18);1H. The van der Waals surface area contributed by atoms with Crippen LogP contribution in [0.5, 0.6) is 0 Å². The third-order valence-corrected chi connectivity index (χ3v) is 4.60. The second-order valence-electron chi connectivity index (χ2n) is 7.07. The van der Waals surface area contributed by atoms with Crippen molar-refractivity contribution in [1.82, 2.24) is 15.1 Å². The molecule has 0 aromatic rings. The molecule has 0 aromatic carbocycles. The van der Waals surface area contributed by atoms with Gasteiger partial charge in [-0.2, -0.15) is 0 Å². The van der Waals surface area contributed by atoms with Crippen LogP contribution in [0.2, 0.25) is 0 Å². The number of hydrogen-bond donors (Lipinski definition) is 1. The number of rotatable bonds is 3. The molecular weight excluding hydrogens is 375 g/mol. The van der Waals surface area contributed by atoms with Gasteiger partial charge in [0.05, 0.1) is 0 Å². The minimum atomic E-state index is 0.